The van der Waals surface area contributed by atoms with Crippen LogP contribution in [0.2, 0.25) is 0 Å². The summed E-state index contributed by atoms with van der Waals surface area (Å²) in [5.41, 5.74) is 3.01. The summed E-state index contributed by atoms with van der Waals surface area (Å²) >= 11 is 0. The summed E-state index contributed by atoms with van der Waals surface area (Å²) in [5.74, 6) is 1.32. The Morgan fingerprint density at radius 3 is 3.04 bits per heavy atom. The number of carbonyl (C=O) groups excluding carboxylic acids is 1. The standard InChI is InChI=1S/C19H19N3O3/c1-24-14-5-2-4-12(10-14)19(23)20-13-7-8-15-16(11-13)22-18(21-15)17-6-3-9-25-17/h2,4-5,7-8,10-11,17H,3,6,9H2,1H3,(H,20,23)(H,21,22)/t17-/m0/s1. The lowest BCUT2D eigenvalue weighted by Gasteiger charge is -2.06. The number of aromatic nitrogens is 2. The summed E-state index contributed by atoms with van der Waals surface area (Å²) in [4.78, 5) is 20.3. The minimum Gasteiger partial charge on any atom is -0.497 e. The summed E-state index contributed by atoms with van der Waals surface area (Å²) in [6, 6.07) is 12.7. The predicted octanol–water partition coefficient (Wildman–Crippen LogP) is 3.68. The maximum atomic E-state index is 12.4. The highest BCUT2D eigenvalue weighted by molar-refractivity contribution is 6.05. The monoisotopic (exact) mass is 337 g/mol. The molecule has 2 N–H and O–H groups in total. The van der Waals surface area contributed by atoms with E-state index in [0.29, 0.717) is 17.0 Å². The van der Waals surface area contributed by atoms with Crippen molar-refractivity contribution in [2.75, 3.05) is 19.0 Å². The topological polar surface area (TPSA) is 76.2 Å². The van der Waals surface area contributed by atoms with Crippen LogP contribution in [0.5, 0.6) is 5.75 Å². The number of methoxy groups -OCH3 is 1. The molecule has 2 heterocycles. The molecule has 1 fully saturated rings. The van der Waals surface area contributed by atoms with Crippen molar-refractivity contribution in [2.45, 2.75) is 18.9 Å². The number of ether oxygens (including phenoxy) is 2. The Balaban J connectivity index is 1.55. The van der Waals surface area contributed by atoms with Gasteiger partial charge < -0.3 is 19.8 Å². The van der Waals surface area contributed by atoms with Crippen molar-refractivity contribution in [3.63, 3.8) is 0 Å². The smallest absolute Gasteiger partial charge is 0.255 e. The molecule has 0 aliphatic carbocycles. The van der Waals surface area contributed by atoms with Gasteiger partial charge >= 0.3 is 0 Å². The van der Waals surface area contributed by atoms with Crippen molar-refractivity contribution in [1.82, 2.24) is 9.97 Å². The van der Waals surface area contributed by atoms with Gasteiger partial charge in [0.15, 0.2) is 0 Å². The summed E-state index contributed by atoms with van der Waals surface area (Å²) in [6.45, 7) is 0.781. The number of amides is 1. The number of rotatable bonds is 4. The van der Waals surface area contributed by atoms with Crippen LogP contribution in [0.25, 0.3) is 11.0 Å². The van der Waals surface area contributed by atoms with Gasteiger partial charge in [0, 0.05) is 17.9 Å². The number of anilines is 1. The third-order valence-corrected chi connectivity index (χ3v) is 4.32. The molecule has 4 rings (SSSR count). The van der Waals surface area contributed by atoms with Crippen LogP contribution in [0.1, 0.15) is 35.1 Å². The summed E-state index contributed by atoms with van der Waals surface area (Å²) in [6.07, 6.45) is 2.09. The van der Waals surface area contributed by atoms with E-state index in [1.54, 1.807) is 31.4 Å². The Morgan fingerprint density at radius 1 is 1.32 bits per heavy atom. The number of carbonyl (C=O) groups is 1. The number of benzene rings is 2. The van der Waals surface area contributed by atoms with Gasteiger partial charge in [-0.05, 0) is 49.2 Å². The highest BCUT2D eigenvalue weighted by Crippen LogP contribution is 2.28. The van der Waals surface area contributed by atoms with E-state index in [2.05, 4.69) is 15.3 Å². The molecule has 6 heteroatoms. The Kier molecular flexibility index (Phi) is 4.11. The predicted molar refractivity (Wildman–Crippen MR) is 95.0 cm³/mol. The molecule has 0 bridgehead atoms. The average molecular weight is 337 g/mol. The first-order chi connectivity index (χ1) is 12.2. The van der Waals surface area contributed by atoms with Crippen LogP contribution in [0.4, 0.5) is 5.69 Å². The fourth-order valence-electron chi connectivity index (χ4n) is 3.02. The van der Waals surface area contributed by atoms with E-state index in [-0.39, 0.29) is 12.0 Å². The Morgan fingerprint density at radius 2 is 2.24 bits per heavy atom. The molecule has 3 aromatic rings. The molecular formula is C19H19N3O3. The molecule has 1 aliphatic heterocycles. The fraction of sp³-hybridized carbons (Fsp3) is 0.263. The molecule has 25 heavy (non-hydrogen) atoms. The van der Waals surface area contributed by atoms with Crippen LogP contribution in [0, 0.1) is 0 Å². The maximum Gasteiger partial charge on any atom is 0.255 e. The van der Waals surface area contributed by atoms with Gasteiger partial charge in [-0.15, -0.1) is 0 Å². The highest BCUT2D eigenvalue weighted by atomic mass is 16.5. The molecule has 1 saturated heterocycles. The Hall–Kier alpha value is -2.86. The molecule has 1 aromatic heterocycles. The van der Waals surface area contributed by atoms with Crippen molar-refractivity contribution >= 4 is 22.6 Å². The average Bonchev–Trinajstić information content (AvgIpc) is 3.30. The quantitative estimate of drug-likeness (QED) is 0.761. The zero-order valence-corrected chi connectivity index (χ0v) is 13.9. The molecule has 0 radical (unpaired) electrons. The Labute approximate surface area is 145 Å². The SMILES string of the molecule is COc1cccc(C(=O)Nc2ccc3nc([C@@H]4CCCO4)[nH]c3c2)c1. The number of fused-ring (bicyclic) bond motifs is 1. The molecule has 6 nitrogen and oxygen atoms in total. The normalized spacial score (nSPS) is 16.9. The first-order valence-electron chi connectivity index (χ1n) is 8.29. The zero-order chi connectivity index (χ0) is 17.2. The van der Waals surface area contributed by atoms with Crippen LogP contribution in [-0.2, 0) is 4.74 Å². The van der Waals surface area contributed by atoms with Crippen LogP contribution >= 0.6 is 0 Å². The van der Waals surface area contributed by atoms with Crippen molar-refractivity contribution < 1.29 is 14.3 Å². The first-order valence-corrected chi connectivity index (χ1v) is 8.29. The van der Waals surface area contributed by atoms with Crippen LogP contribution < -0.4 is 10.1 Å². The van der Waals surface area contributed by atoms with Gasteiger partial charge in [0.1, 0.15) is 17.7 Å². The number of aromatic amines is 1. The molecule has 1 atom stereocenters. The molecule has 0 spiro atoms. The maximum absolute atomic E-state index is 12.4. The second-order valence-electron chi connectivity index (χ2n) is 6.04. The number of nitrogens with zero attached hydrogens (tertiary/aromatic N) is 1. The van der Waals surface area contributed by atoms with E-state index in [0.717, 1.165) is 36.3 Å². The number of nitrogens with one attached hydrogen (secondary N) is 2. The molecule has 1 aliphatic rings. The van der Waals surface area contributed by atoms with Gasteiger partial charge in [0.25, 0.3) is 5.91 Å². The van der Waals surface area contributed by atoms with Gasteiger partial charge in [-0.25, -0.2) is 4.98 Å². The van der Waals surface area contributed by atoms with E-state index >= 15 is 0 Å². The third-order valence-electron chi connectivity index (χ3n) is 4.32. The van der Waals surface area contributed by atoms with Crippen molar-refractivity contribution in [3.8, 4) is 5.75 Å². The van der Waals surface area contributed by atoms with Gasteiger partial charge in [-0.3, -0.25) is 4.79 Å². The second-order valence-corrected chi connectivity index (χ2v) is 6.04. The van der Waals surface area contributed by atoms with Crippen molar-refractivity contribution in [2.24, 2.45) is 0 Å². The van der Waals surface area contributed by atoms with Gasteiger partial charge in [0.05, 0.1) is 18.1 Å². The summed E-state index contributed by atoms with van der Waals surface area (Å²) in [5, 5.41) is 2.91. The highest BCUT2D eigenvalue weighted by Gasteiger charge is 2.21. The zero-order valence-electron chi connectivity index (χ0n) is 13.9. The summed E-state index contributed by atoms with van der Waals surface area (Å²) in [7, 11) is 1.58. The van der Waals surface area contributed by atoms with E-state index in [4.69, 9.17) is 9.47 Å². The van der Waals surface area contributed by atoms with E-state index in [1.807, 2.05) is 18.2 Å². The van der Waals surface area contributed by atoms with E-state index < -0.39 is 0 Å². The lowest BCUT2D eigenvalue weighted by Crippen LogP contribution is -2.11. The van der Waals surface area contributed by atoms with Gasteiger partial charge in [0.2, 0.25) is 0 Å². The van der Waals surface area contributed by atoms with Gasteiger partial charge in [-0.1, -0.05) is 6.07 Å². The van der Waals surface area contributed by atoms with E-state index in [1.165, 1.54) is 0 Å². The molecule has 2 aromatic carbocycles. The van der Waals surface area contributed by atoms with Crippen LogP contribution in [0.15, 0.2) is 42.5 Å². The first kappa shape index (κ1) is 15.7. The third kappa shape index (κ3) is 3.21. The van der Waals surface area contributed by atoms with E-state index in [9.17, 15) is 4.79 Å². The lowest BCUT2D eigenvalue weighted by atomic mass is 10.2. The number of hydrogen-bond donors (Lipinski definition) is 2. The Bertz CT molecular complexity index is 913. The largest absolute Gasteiger partial charge is 0.497 e. The number of imidazole rings is 1. The minimum atomic E-state index is -0.183. The molecular weight excluding hydrogens is 318 g/mol. The number of H-pyrrole nitrogens is 1. The minimum absolute atomic E-state index is 0.0437. The lowest BCUT2D eigenvalue weighted by molar-refractivity contribution is 0.102. The van der Waals surface area contributed by atoms with Crippen LogP contribution in [0.3, 0.4) is 0 Å². The van der Waals surface area contributed by atoms with Crippen LogP contribution in [-0.4, -0.2) is 29.6 Å². The fourth-order valence-corrected chi connectivity index (χ4v) is 3.02. The summed E-state index contributed by atoms with van der Waals surface area (Å²) < 4.78 is 10.8. The van der Waals surface area contributed by atoms with Crippen molar-refractivity contribution in [1.29, 1.82) is 0 Å². The molecule has 128 valence electrons. The number of hydrogen-bond acceptors (Lipinski definition) is 4. The molecule has 1 amide bonds. The van der Waals surface area contributed by atoms with Crippen molar-refractivity contribution in [3.05, 3.63) is 53.9 Å². The van der Waals surface area contributed by atoms with Gasteiger partial charge in [-0.2, -0.15) is 0 Å². The molecule has 0 saturated carbocycles. The second kappa shape index (κ2) is 6.57. The molecule has 0 unspecified atom stereocenters.